The number of pyridine rings is 1. The van der Waals surface area contributed by atoms with Gasteiger partial charge < -0.3 is 10.5 Å². The predicted molar refractivity (Wildman–Crippen MR) is 128 cm³/mol. The SMILES string of the molecule is CCCCC(N)C(C)COC1CCC(c2ccccc2)CC1.Cc1cc(C)c(F)cn1. The van der Waals surface area contributed by atoms with Crippen LogP contribution in [0.4, 0.5) is 4.39 Å². The minimum absolute atomic E-state index is 0.236. The number of ether oxygens (including phenoxy) is 1. The molecular weight excluding hydrogens is 387 g/mol. The lowest BCUT2D eigenvalue weighted by Crippen LogP contribution is -2.33. The molecule has 2 N–H and O–H groups in total. The molecule has 0 bridgehead atoms. The van der Waals surface area contributed by atoms with Crippen molar-refractivity contribution < 1.29 is 9.13 Å². The molecule has 1 aromatic heterocycles. The van der Waals surface area contributed by atoms with Crippen LogP contribution in [0.15, 0.2) is 42.6 Å². The van der Waals surface area contributed by atoms with Crippen molar-refractivity contribution in [1.29, 1.82) is 0 Å². The van der Waals surface area contributed by atoms with E-state index in [2.05, 4.69) is 49.2 Å². The van der Waals surface area contributed by atoms with Crippen molar-refractivity contribution in [3.63, 3.8) is 0 Å². The highest BCUT2D eigenvalue weighted by atomic mass is 19.1. The zero-order valence-electron chi connectivity index (χ0n) is 19.8. The van der Waals surface area contributed by atoms with E-state index in [1.54, 1.807) is 13.0 Å². The minimum atomic E-state index is -0.236. The Morgan fingerprint density at radius 1 is 1.13 bits per heavy atom. The molecule has 4 heteroatoms. The predicted octanol–water partition coefficient (Wildman–Crippen LogP) is 6.72. The van der Waals surface area contributed by atoms with Gasteiger partial charge in [0.25, 0.3) is 0 Å². The number of aromatic nitrogens is 1. The molecule has 31 heavy (non-hydrogen) atoms. The van der Waals surface area contributed by atoms with Crippen LogP contribution in [-0.2, 0) is 4.74 Å². The topological polar surface area (TPSA) is 48.1 Å². The van der Waals surface area contributed by atoms with Crippen molar-refractivity contribution in [2.24, 2.45) is 11.7 Å². The second kappa shape index (κ2) is 13.6. The van der Waals surface area contributed by atoms with Crippen LogP contribution in [-0.4, -0.2) is 23.7 Å². The zero-order chi connectivity index (χ0) is 22.6. The molecule has 0 amide bonds. The lowest BCUT2D eigenvalue weighted by atomic mass is 9.83. The van der Waals surface area contributed by atoms with Crippen molar-refractivity contribution in [3.05, 3.63) is 65.2 Å². The van der Waals surface area contributed by atoms with Crippen LogP contribution in [0.25, 0.3) is 0 Å². The number of nitrogens with two attached hydrogens (primary N) is 1. The molecule has 1 aliphatic carbocycles. The number of unbranched alkanes of at least 4 members (excludes halogenated alkanes) is 1. The molecule has 0 radical (unpaired) electrons. The van der Waals surface area contributed by atoms with Crippen LogP contribution in [0.1, 0.15) is 81.5 Å². The summed E-state index contributed by atoms with van der Waals surface area (Å²) >= 11 is 0. The van der Waals surface area contributed by atoms with Crippen LogP contribution >= 0.6 is 0 Å². The fourth-order valence-corrected chi connectivity index (χ4v) is 4.10. The van der Waals surface area contributed by atoms with E-state index in [1.165, 1.54) is 50.3 Å². The zero-order valence-corrected chi connectivity index (χ0v) is 19.8. The van der Waals surface area contributed by atoms with Gasteiger partial charge in [-0.05, 0) is 75.0 Å². The van der Waals surface area contributed by atoms with Crippen LogP contribution in [0.3, 0.4) is 0 Å². The molecule has 1 saturated carbocycles. The van der Waals surface area contributed by atoms with E-state index in [0.29, 0.717) is 23.6 Å². The van der Waals surface area contributed by atoms with E-state index < -0.39 is 0 Å². The molecule has 172 valence electrons. The van der Waals surface area contributed by atoms with Gasteiger partial charge in [-0.2, -0.15) is 0 Å². The summed E-state index contributed by atoms with van der Waals surface area (Å²) in [5, 5.41) is 0. The average molecular weight is 429 g/mol. The third-order valence-electron chi connectivity index (χ3n) is 6.35. The van der Waals surface area contributed by atoms with E-state index >= 15 is 0 Å². The molecule has 1 fully saturated rings. The Bertz CT molecular complexity index is 744. The first-order valence-corrected chi connectivity index (χ1v) is 11.9. The van der Waals surface area contributed by atoms with E-state index in [9.17, 15) is 4.39 Å². The summed E-state index contributed by atoms with van der Waals surface area (Å²) in [5.41, 5.74) is 9.24. The van der Waals surface area contributed by atoms with Gasteiger partial charge in [0.15, 0.2) is 0 Å². The van der Waals surface area contributed by atoms with Crippen molar-refractivity contribution in [2.75, 3.05) is 6.61 Å². The Kier molecular flexibility index (Phi) is 11.2. The molecule has 1 aromatic carbocycles. The summed E-state index contributed by atoms with van der Waals surface area (Å²) in [4.78, 5) is 3.76. The average Bonchev–Trinajstić information content (AvgIpc) is 2.80. The highest BCUT2D eigenvalue weighted by molar-refractivity contribution is 5.20. The molecule has 0 aliphatic heterocycles. The van der Waals surface area contributed by atoms with E-state index in [4.69, 9.17) is 10.5 Å². The second-order valence-electron chi connectivity index (χ2n) is 9.08. The largest absolute Gasteiger partial charge is 0.378 e. The Morgan fingerprint density at radius 2 is 1.81 bits per heavy atom. The summed E-state index contributed by atoms with van der Waals surface area (Å²) < 4.78 is 18.6. The molecule has 1 aliphatic rings. The standard InChI is InChI=1S/C20H33NO.C7H8FN/c1-3-4-10-20(21)16(2)15-22-19-13-11-18(12-14-19)17-8-6-5-7-9-17;1-5-3-6(2)9-4-7(5)8/h5-9,16,18-20H,3-4,10-15,21H2,1-2H3;3-4H,1-2H3. The molecular formula is C27H41FN2O. The van der Waals surface area contributed by atoms with Crippen molar-refractivity contribution in [2.45, 2.75) is 90.7 Å². The fourth-order valence-electron chi connectivity index (χ4n) is 4.10. The number of aryl methyl sites for hydroxylation is 2. The van der Waals surface area contributed by atoms with Crippen LogP contribution in [0, 0.1) is 25.6 Å². The Labute approximate surface area is 188 Å². The molecule has 1 heterocycles. The third-order valence-corrected chi connectivity index (χ3v) is 6.35. The molecule has 2 atom stereocenters. The molecule has 0 spiro atoms. The van der Waals surface area contributed by atoms with E-state index in [-0.39, 0.29) is 5.82 Å². The molecule has 3 rings (SSSR count). The number of hydrogen-bond acceptors (Lipinski definition) is 3. The second-order valence-corrected chi connectivity index (χ2v) is 9.08. The van der Waals surface area contributed by atoms with Gasteiger partial charge in [0.05, 0.1) is 18.9 Å². The monoisotopic (exact) mass is 428 g/mol. The Balaban J connectivity index is 0.000000316. The lowest BCUT2D eigenvalue weighted by molar-refractivity contribution is 0.00302. The first-order chi connectivity index (χ1) is 14.9. The van der Waals surface area contributed by atoms with Gasteiger partial charge >= 0.3 is 0 Å². The van der Waals surface area contributed by atoms with Gasteiger partial charge in [-0.15, -0.1) is 0 Å². The van der Waals surface area contributed by atoms with Crippen LogP contribution in [0.2, 0.25) is 0 Å². The minimum Gasteiger partial charge on any atom is -0.378 e. The summed E-state index contributed by atoms with van der Waals surface area (Å²) in [6.45, 7) is 8.84. The number of rotatable bonds is 8. The van der Waals surface area contributed by atoms with Crippen molar-refractivity contribution >= 4 is 0 Å². The summed E-state index contributed by atoms with van der Waals surface area (Å²) in [6.07, 6.45) is 10.2. The highest BCUT2D eigenvalue weighted by Gasteiger charge is 2.23. The van der Waals surface area contributed by atoms with Gasteiger partial charge in [-0.1, -0.05) is 57.0 Å². The summed E-state index contributed by atoms with van der Waals surface area (Å²) in [6, 6.07) is 12.9. The van der Waals surface area contributed by atoms with Gasteiger partial charge in [-0.25, -0.2) is 4.39 Å². The van der Waals surface area contributed by atoms with Crippen molar-refractivity contribution in [1.82, 2.24) is 4.98 Å². The van der Waals surface area contributed by atoms with Crippen LogP contribution < -0.4 is 5.73 Å². The van der Waals surface area contributed by atoms with Gasteiger partial charge in [0.1, 0.15) is 5.82 Å². The highest BCUT2D eigenvalue weighted by Crippen LogP contribution is 2.34. The fraction of sp³-hybridized carbons (Fsp3) is 0.593. The maximum absolute atomic E-state index is 12.4. The quantitative estimate of drug-likeness (QED) is 0.507. The number of benzene rings is 1. The van der Waals surface area contributed by atoms with Gasteiger partial charge in [0, 0.05) is 11.7 Å². The van der Waals surface area contributed by atoms with Crippen LogP contribution in [0.5, 0.6) is 0 Å². The Morgan fingerprint density at radius 3 is 2.39 bits per heavy atom. The van der Waals surface area contributed by atoms with E-state index in [0.717, 1.165) is 24.6 Å². The first kappa shape index (κ1) is 25.5. The number of hydrogen-bond donors (Lipinski definition) is 1. The van der Waals surface area contributed by atoms with Gasteiger partial charge in [0.2, 0.25) is 0 Å². The first-order valence-electron chi connectivity index (χ1n) is 11.9. The third kappa shape index (κ3) is 9.08. The smallest absolute Gasteiger partial charge is 0.144 e. The molecule has 2 aromatic rings. The Hall–Kier alpha value is -1.78. The van der Waals surface area contributed by atoms with E-state index in [1.807, 2.05) is 6.92 Å². The maximum Gasteiger partial charge on any atom is 0.144 e. The maximum atomic E-state index is 12.4. The summed E-state index contributed by atoms with van der Waals surface area (Å²) in [7, 11) is 0. The lowest BCUT2D eigenvalue weighted by Gasteiger charge is -2.30. The molecule has 2 unspecified atom stereocenters. The van der Waals surface area contributed by atoms with Crippen molar-refractivity contribution in [3.8, 4) is 0 Å². The summed E-state index contributed by atoms with van der Waals surface area (Å²) in [5.74, 6) is 0.962. The molecule has 3 nitrogen and oxygen atoms in total. The number of halogens is 1. The van der Waals surface area contributed by atoms with Gasteiger partial charge in [-0.3, -0.25) is 4.98 Å². The molecule has 0 saturated heterocycles. The normalized spacial score (nSPS) is 20.5. The number of nitrogens with zero attached hydrogens (tertiary/aromatic N) is 1.